The van der Waals surface area contributed by atoms with Gasteiger partial charge in [0.1, 0.15) is 11.5 Å². The standard InChI is InChI=1S/C16H14O2S.C7H8/c1-17-13-6-3-11(4-7-13)15-9-12-5-8-14(18-2)10-16(12)19-15;1-7-5-3-2-4-6-7/h3-10H,1-2H3;2-6H,1H3. The smallest absolute Gasteiger partial charge is 0.120 e. The highest BCUT2D eigenvalue weighted by Crippen LogP contribution is 2.35. The minimum absolute atomic E-state index is 0.881. The molecule has 0 N–H and O–H groups in total. The van der Waals surface area contributed by atoms with Crippen molar-refractivity contribution in [2.45, 2.75) is 6.92 Å². The SMILES string of the molecule is COc1ccc(-c2cc3ccc(OC)cc3s2)cc1.Cc1ccccc1. The van der Waals surface area contributed by atoms with Crippen molar-refractivity contribution in [1.82, 2.24) is 0 Å². The predicted molar refractivity (Wildman–Crippen MR) is 112 cm³/mol. The van der Waals surface area contributed by atoms with Crippen molar-refractivity contribution in [1.29, 1.82) is 0 Å². The molecule has 0 unspecified atom stereocenters. The molecule has 0 saturated heterocycles. The molecule has 1 heterocycles. The van der Waals surface area contributed by atoms with E-state index in [4.69, 9.17) is 9.47 Å². The van der Waals surface area contributed by atoms with E-state index in [1.165, 1.54) is 26.1 Å². The first-order valence-corrected chi connectivity index (χ1v) is 9.25. The van der Waals surface area contributed by atoms with Gasteiger partial charge in [0.2, 0.25) is 0 Å². The van der Waals surface area contributed by atoms with Crippen LogP contribution in [0.2, 0.25) is 0 Å². The second-order valence-electron chi connectivity index (χ2n) is 5.90. The first-order chi connectivity index (χ1) is 12.7. The zero-order valence-corrected chi connectivity index (χ0v) is 16.0. The van der Waals surface area contributed by atoms with Gasteiger partial charge in [-0.05, 0) is 66.4 Å². The fourth-order valence-electron chi connectivity index (χ4n) is 2.57. The van der Waals surface area contributed by atoms with Crippen LogP contribution in [0, 0.1) is 6.92 Å². The van der Waals surface area contributed by atoms with Crippen LogP contribution in [-0.2, 0) is 0 Å². The van der Waals surface area contributed by atoms with Gasteiger partial charge in [0, 0.05) is 9.58 Å². The lowest BCUT2D eigenvalue weighted by Gasteiger charge is -2.00. The number of hydrogen-bond donors (Lipinski definition) is 0. The molecule has 4 rings (SSSR count). The van der Waals surface area contributed by atoms with E-state index >= 15 is 0 Å². The van der Waals surface area contributed by atoms with Crippen molar-refractivity contribution in [2.75, 3.05) is 14.2 Å². The van der Waals surface area contributed by atoms with Gasteiger partial charge in [0.05, 0.1) is 14.2 Å². The Morgan fingerprint density at radius 3 is 1.92 bits per heavy atom. The molecule has 26 heavy (non-hydrogen) atoms. The highest BCUT2D eigenvalue weighted by atomic mass is 32.1. The van der Waals surface area contributed by atoms with Crippen molar-refractivity contribution in [3.05, 3.63) is 84.4 Å². The van der Waals surface area contributed by atoms with Gasteiger partial charge in [-0.1, -0.05) is 35.9 Å². The summed E-state index contributed by atoms with van der Waals surface area (Å²) in [6.07, 6.45) is 0. The van der Waals surface area contributed by atoms with Crippen molar-refractivity contribution < 1.29 is 9.47 Å². The quantitative estimate of drug-likeness (QED) is 0.410. The molecule has 0 radical (unpaired) electrons. The fourth-order valence-corrected chi connectivity index (χ4v) is 3.67. The number of methoxy groups -OCH3 is 2. The van der Waals surface area contributed by atoms with E-state index < -0.39 is 0 Å². The van der Waals surface area contributed by atoms with Crippen LogP contribution < -0.4 is 9.47 Å². The Balaban J connectivity index is 0.000000236. The maximum atomic E-state index is 5.26. The summed E-state index contributed by atoms with van der Waals surface area (Å²) in [5.41, 5.74) is 2.53. The normalized spacial score (nSPS) is 10.1. The van der Waals surface area contributed by atoms with Crippen LogP contribution in [-0.4, -0.2) is 14.2 Å². The molecule has 0 amide bonds. The van der Waals surface area contributed by atoms with Crippen LogP contribution in [0.1, 0.15) is 5.56 Å². The summed E-state index contributed by atoms with van der Waals surface area (Å²) in [7, 11) is 3.37. The Kier molecular flexibility index (Phi) is 5.92. The summed E-state index contributed by atoms with van der Waals surface area (Å²) in [6, 6.07) is 26.8. The molecule has 0 atom stereocenters. The van der Waals surface area contributed by atoms with E-state index in [1.807, 2.05) is 36.4 Å². The second-order valence-corrected chi connectivity index (χ2v) is 6.98. The zero-order chi connectivity index (χ0) is 18.4. The average molecular weight is 362 g/mol. The number of aryl methyl sites for hydroxylation is 1. The third-order valence-electron chi connectivity index (χ3n) is 4.04. The van der Waals surface area contributed by atoms with E-state index in [9.17, 15) is 0 Å². The maximum Gasteiger partial charge on any atom is 0.120 e. The molecule has 0 saturated carbocycles. The van der Waals surface area contributed by atoms with Crippen molar-refractivity contribution in [3.63, 3.8) is 0 Å². The Hall–Kier alpha value is -2.78. The lowest BCUT2D eigenvalue weighted by Crippen LogP contribution is -1.81. The van der Waals surface area contributed by atoms with E-state index in [1.54, 1.807) is 25.6 Å². The predicted octanol–water partition coefficient (Wildman–Crippen LogP) is 6.58. The third-order valence-corrected chi connectivity index (χ3v) is 5.19. The van der Waals surface area contributed by atoms with Gasteiger partial charge in [-0.15, -0.1) is 11.3 Å². The number of benzene rings is 3. The highest BCUT2D eigenvalue weighted by Gasteiger charge is 2.05. The number of hydrogen-bond acceptors (Lipinski definition) is 3. The van der Waals surface area contributed by atoms with E-state index in [-0.39, 0.29) is 0 Å². The van der Waals surface area contributed by atoms with Gasteiger partial charge in [-0.2, -0.15) is 0 Å². The topological polar surface area (TPSA) is 18.5 Å². The Morgan fingerprint density at radius 2 is 1.35 bits per heavy atom. The maximum absolute atomic E-state index is 5.26. The molecule has 132 valence electrons. The van der Waals surface area contributed by atoms with Gasteiger partial charge < -0.3 is 9.47 Å². The van der Waals surface area contributed by atoms with Gasteiger partial charge in [0.15, 0.2) is 0 Å². The third kappa shape index (κ3) is 4.44. The Labute approximate surface area is 158 Å². The van der Waals surface area contributed by atoms with Crippen LogP contribution in [0.5, 0.6) is 11.5 Å². The molecule has 1 aromatic heterocycles. The summed E-state index contributed by atoms with van der Waals surface area (Å²) in [4.78, 5) is 1.26. The molecule has 2 nitrogen and oxygen atoms in total. The van der Waals surface area contributed by atoms with Crippen LogP contribution in [0.4, 0.5) is 0 Å². The number of ether oxygens (including phenoxy) is 2. The monoisotopic (exact) mass is 362 g/mol. The lowest BCUT2D eigenvalue weighted by molar-refractivity contribution is 0.415. The minimum atomic E-state index is 0.881. The number of rotatable bonds is 3. The summed E-state index contributed by atoms with van der Waals surface area (Å²) in [6.45, 7) is 2.08. The van der Waals surface area contributed by atoms with Crippen LogP contribution in [0.15, 0.2) is 78.9 Å². The van der Waals surface area contributed by atoms with Gasteiger partial charge in [-0.3, -0.25) is 0 Å². The highest BCUT2D eigenvalue weighted by molar-refractivity contribution is 7.22. The summed E-state index contributed by atoms with van der Waals surface area (Å²) < 4.78 is 11.7. The molecule has 4 aromatic rings. The van der Waals surface area contributed by atoms with Crippen molar-refractivity contribution in [2.24, 2.45) is 0 Å². The molecule has 3 aromatic carbocycles. The van der Waals surface area contributed by atoms with Crippen LogP contribution in [0.3, 0.4) is 0 Å². The van der Waals surface area contributed by atoms with E-state index in [0.29, 0.717) is 0 Å². The van der Waals surface area contributed by atoms with Gasteiger partial charge >= 0.3 is 0 Å². The molecule has 0 bridgehead atoms. The van der Waals surface area contributed by atoms with E-state index in [0.717, 1.165) is 11.5 Å². The minimum Gasteiger partial charge on any atom is -0.497 e. The molecular formula is C23H22O2S. The first-order valence-electron chi connectivity index (χ1n) is 8.43. The Morgan fingerprint density at radius 1 is 0.692 bits per heavy atom. The van der Waals surface area contributed by atoms with Crippen LogP contribution in [0.25, 0.3) is 20.5 Å². The molecule has 3 heteroatoms. The fraction of sp³-hybridized carbons (Fsp3) is 0.130. The number of fused-ring (bicyclic) bond motifs is 1. The van der Waals surface area contributed by atoms with Crippen molar-refractivity contribution in [3.8, 4) is 21.9 Å². The summed E-state index contributed by atoms with van der Waals surface area (Å²) in [5.74, 6) is 1.78. The molecule has 0 aliphatic rings. The first kappa shape index (κ1) is 18.0. The van der Waals surface area contributed by atoms with Crippen LogP contribution >= 0.6 is 11.3 Å². The summed E-state index contributed by atoms with van der Waals surface area (Å²) in [5, 5.41) is 1.25. The summed E-state index contributed by atoms with van der Waals surface area (Å²) >= 11 is 1.77. The van der Waals surface area contributed by atoms with E-state index in [2.05, 4.69) is 49.4 Å². The molecular weight excluding hydrogens is 340 g/mol. The van der Waals surface area contributed by atoms with Gasteiger partial charge in [0.25, 0.3) is 0 Å². The largest absolute Gasteiger partial charge is 0.497 e. The average Bonchev–Trinajstić information content (AvgIpc) is 3.12. The van der Waals surface area contributed by atoms with Crippen molar-refractivity contribution >= 4 is 21.4 Å². The van der Waals surface area contributed by atoms with Gasteiger partial charge in [-0.25, -0.2) is 0 Å². The molecule has 0 spiro atoms. The molecule has 0 fully saturated rings. The Bertz CT molecular complexity index is 957. The molecule has 0 aliphatic heterocycles. The molecule has 0 aliphatic carbocycles. The number of thiophene rings is 1. The second kappa shape index (κ2) is 8.54. The lowest BCUT2D eigenvalue weighted by atomic mass is 10.1. The zero-order valence-electron chi connectivity index (χ0n) is 15.2.